The van der Waals surface area contributed by atoms with E-state index in [4.69, 9.17) is 9.47 Å². The molecular formula is C12H27NO2. The molecule has 0 heterocycles. The Balaban J connectivity index is 3.74. The maximum Gasteiger partial charge on any atom is 0.0671 e. The average Bonchev–Trinajstić information content (AvgIpc) is 2.17. The van der Waals surface area contributed by atoms with E-state index in [2.05, 4.69) is 26.1 Å². The van der Waals surface area contributed by atoms with Gasteiger partial charge in [0.05, 0.1) is 6.10 Å². The molecular weight excluding hydrogens is 190 g/mol. The molecule has 0 amide bonds. The van der Waals surface area contributed by atoms with Crippen LogP contribution in [0.25, 0.3) is 0 Å². The first kappa shape index (κ1) is 14.9. The molecule has 1 N–H and O–H groups in total. The first-order valence-electron chi connectivity index (χ1n) is 5.95. The lowest BCUT2D eigenvalue weighted by Gasteiger charge is -2.24. The molecule has 0 fully saturated rings. The highest BCUT2D eigenvalue weighted by Crippen LogP contribution is 2.06. The maximum absolute atomic E-state index is 5.48. The number of methoxy groups -OCH3 is 1. The maximum atomic E-state index is 5.48. The molecule has 0 aliphatic carbocycles. The smallest absolute Gasteiger partial charge is 0.0671 e. The van der Waals surface area contributed by atoms with Crippen LogP contribution in [0.15, 0.2) is 0 Å². The summed E-state index contributed by atoms with van der Waals surface area (Å²) in [6.45, 7) is 11.1. The first-order valence-corrected chi connectivity index (χ1v) is 5.95. The van der Waals surface area contributed by atoms with Crippen LogP contribution in [0.4, 0.5) is 0 Å². The summed E-state index contributed by atoms with van der Waals surface area (Å²) in [4.78, 5) is 0. The van der Waals surface area contributed by atoms with Gasteiger partial charge in [0.25, 0.3) is 0 Å². The fraction of sp³-hybridized carbons (Fsp3) is 1.00. The van der Waals surface area contributed by atoms with E-state index >= 15 is 0 Å². The van der Waals surface area contributed by atoms with Gasteiger partial charge in [-0.1, -0.05) is 13.8 Å². The molecule has 0 bridgehead atoms. The highest BCUT2D eigenvalue weighted by atomic mass is 16.5. The summed E-state index contributed by atoms with van der Waals surface area (Å²) in [5.41, 5.74) is 0. The standard InChI is InChI=1S/C12H27NO2/c1-6-15-11(4)9-13-12(10(2)3)7-8-14-5/h10-13H,6-9H2,1-5H3. The first-order chi connectivity index (χ1) is 7.11. The lowest BCUT2D eigenvalue weighted by atomic mass is 10.0. The zero-order valence-electron chi connectivity index (χ0n) is 10.9. The fourth-order valence-electron chi connectivity index (χ4n) is 1.58. The molecule has 0 rings (SSSR count). The Hall–Kier alpha value is -0.120. The van der Waals surface area contributed by atoms with Crippen LogP contribution >= 0.6 is 0 Å². The predicted octanol–water partition coefficient (Wildman–Crippen LogP) is 2.06. The van der Waals surface area contributed by atoms with Gasteiger partial charge in [-0.2, -0.15) is 0 Å². The van der Waals surface area contributed by atoms with Crippen molar-refractivity contribution >= 4 is 0 Å². The van der Waals surface area contributed by atoms with Crippen LogP contribution < -0.4 is 5.32 Å². The van der Waals surface area contributed by atoms with Gasteiger partial charge < -0.3 is 14.8 Å². The van der Waals surface area contributed by atoms with Crippen LogP contribution in [0.3, 0.4) is 0 Å². The molecule has 15 heavy (non-hydrogen) atoms. The van der Waals surface area contributed by atoms with E-state index in [9.17, 15) is 0 Å². The van der Waals surface area contributed by atoms with Crippen molar-refractivity contribution in [1.82, 2.24) is 5.32 Å². The van der Waals surface area contributed by atoms with Gasteiger partial charge in [0.15, 0.2) is 0 Å². The van der Waals surface area contributed by atoms with Crippen LogP contribution in [0, 0.1) is 5.92 Å². The Kier molecular flexibility index (Phi) is 9.06. The molecule has 0 aromatic rings. The molecule has 3 nitrogen and oxygen atoms in total. The van der Waals surface area contributed by atoms with Crippen molar-refractivity contribution in [1.29, 1.82) is 0 Å². The monoisotopic (exact) mass is 217 g/mol. The molecule has 0 saturated carbocycles. The number of hydrogen-bond donors (Lipinski definition) is 1. The minimum atomic E-state index is 0.291. The predicted molar refractivity (Wildman–Crippen MR) is 64.2 cm³/mol. The molecule has 2 atom stereocenters. The quantitative estimate of drug-likeness (QED) is 0.641. The Bertz CT molecular complexity index is 140. The summed E-state index contributed by atoms with van der Waals surface area (Å²) in [5, 5.41) is 3.53. The Morgan fingerprint density at radius 3 is 2.33 bits per heavy atom. The van der Waals surface area contributed by atoms with E-state index < -0.39 is 0 Å². The van der Waals surface area contributed by atoms with Crippen molar-refractivity contribution in [3.63, 3.8) is 0 Å². The van der Waals surface area contributed by atoms with Crippen LogP contribution in [0.5, 0.6) is 0 Å². The van der Waals surface area contributed by atoms with Gasteiger partial charge in [-0.15, -0.1) is 0 Å². The van der Waals surface area contributed by atoms with Crippen molar-refractivity contribution in [2.24, 2.45) is 5.92 Å². The largest absolute Gasteiger partial charge is 0.385 e. The molecule has 2 unspecified atom stereocenters. The minimum Gasteiger partial charge on any atom is -0.385 e. The molecule has 0 spiro atoms. The molecule has 3 heteroatoms. The van der Waals surface area contributed by atoms with Crippen LogP contribution in [-0.4, -0.2) is 39.0 Å². The van der Waals surface area contributed by atoms with Gasteiger partial charge in [-0.3, -0.25) is 0 Å². The summed E-state index contributed by atoms with van der Waals surface area (Å²) >= 11 is 0. The lowest BCUT2D eigenvalue weighted by Crippen LogP contribution is -2.39. The average molecular weight is 217 g/mol. The lowest BCUT2D eigenvalue weighted by molar-refractivity contribution is 0.0706. The summed E-state index contributed by atoms with van der Waals surface area (Å²) in [7, 11) is 1.75. The normalized spacial score (nSPS) is 15.6. The number of nitrogens with one attached hydrogen (secondary N) is 1. The zero-order valence-corrected chi connectivity index (χ0v) is 10.9. The second-order valence-electron chi connectivity index (χ2n) is 4.31. The molecule has 0 aliphatic heterocycles. The number of hydrogen-bond acceptors (Lipinski definition) is 3. The highest BCUT2D eigenvalue weighted by molar-refractivity contribution is 4.71. The third kappa shape index (κ3) is 7.77. The Labute approximate surface area is 94.5 Å². The van der Waals surface area contributed by atoms with Crippen LogP contribution in [0.2, 0.25) is 0 Å². The molecule has 0 aromatic heterocycles. The number of ether oxygens (including phenoxy) is 2. The molecule has 0 aromatic carbocycles. The van der Waals surface area contributed by atoms with Gasteiger partial charge in [-0.05, 0) is 26.2 Å². The van der Waals surface area contributed by atoms with E-state index in [0.29, 0.717) is 18.1 Å². The van der Waals surface area contributed by atoms with Gasteiger partial charge in [0, 0.05) is 32.9 Å². The third-order valence-corrected chi connectivity index (χ3v) is 2.56. The fourth-order valence-corrected chi connectivity index (χ4v) is 1.58. The highest BCUT2D eigenvalue weighted by Gasteiger charge is 2.13. The van der Waals surface area contributed by atoms with Crippen LogP contribution in [0.1, 0.15) is 34.1 Å². The SMILES string of the molecule is CCOC(C)CNC(CCOC)C(C)C. The second-order valence-corrected chi connectivity index (χ2v) is 4.31. The van der Waals surface area contributed by atoms with Gasteiger partial charge >= 0.3 is 0 Å². The van der Waals surface area contributed by atoms with Gasteiger partial charge in [-0.25, -0.2) is 0 Å². The summed E-state index contributed by atoms with van der Waals surface area (Å²) < 4.78 is 10.6. The van der Waals surface area contributed by atoms with Crippen LogP contribution in [-0.2, 0) is 9.47 Å². The molecule has 0 radical (unpaired) electrons. The van der Waals surface area contributed by atoms with Crippen molar-refractivity contribution < 1.29 is 9.47 Å². The molecule has 0 aliphatic rings. The van der Waals surface area contributed by atoms with Crippen molar-refractivity contribution in [3.8, 4) is 0 Å². The number of rotatable bonds is 9. The third-order valence-electron chi connectivity index (χ3n) is 2.56. The van der Waals surface area contributed by atoms with Crippen molar-refractivity contribution in [2.75, 3.05) is 26.9 Å². The molecule has 0 saturated heterocycles. The van der Waals surface area contributed by atoms with Gasteiger partial charge in [0.2, 0.25) is 0 Å². The second kappa shape index (κ2) is 9.13. The topological polar surface area (TPSA) is 30.5 Å². The van der Waals surface area contributed by atoms with E-state index in [-0.39, 0.29) is 0 Å². The molecule has 92 valence electrons. The van der Waals surface area contributed by atoms with E-state index in [1.54, 1.807) is 7.11 Å². The summed E-state index contributed by atoms with van der Waals surface area (Å²) in [6, 6.07) is 0.521. The van der Waals surface area contributed by atoms with Crippen molar-refractivity contribution in [3.05, 3.63) is 0 Å². The Morgan fingerprint density at radius 1 is 1.20 bits per heavy atom. The van der Waals surface area contributed by atoms with E-state index in [1.807, 2.05) is 6.92 Å². The minimum absolute atomic E-state index is 0.291. The summed E-state index contributed by atoms with van der Waals surface area (Å²) in [6.07, 6.45) is 1.35. The zero-order chi connectivity index (χ0) is 11.7. The van der Waals surface area contributed by atoms with Crippen molar-refractivity contribution in [2.45, 2.75) is 46.3 Å². The Morgan fingerprint density at radius 2 is 1.87 bits per heavy atom. The van der Waals surface area contributed by atoms with E-state index in [1.165, 1.54) is 0 Å². The van der Waals surface area contributed by atoms with E-state index in [0.717, 1.165) is 26.2 Å². The van der Waals surface area contributed by atoms with Gasteiger partial charge in [0.1, 0.15) is 0 Å². The summed E-state index contributed by atoms with van der Waals surface area (Å²) in [5.74, 6) is 0.633.